The molecule has 5 nitrogen and oxygen atoms in total. The maximum atomic E-state index is 12.7. The van der Waals surface area contributed by atoms with E-state index in [1.807, 2.05) is 60.4 Å². The molecule has 0 bridgehead atoms. The molecule has 3 aromatic rings. The SMILES string of the molecule is Cl.Cn1cc(-c2cccc(C(=O)NCC3CCNCC3)c2)c(-c2ccccc2)n1. The van der Waals surface area contributed by atoms with Gasteiger partial charge >= 0.3 is 0 Å². The zero-order valence-corrected chi connectivity index (χ0v) is 17.4. The van der Waals surface area contributed by atoms with Gasteiger partial charge in [0.2, 0.25) is 0 Å². The van der Waals surface area contributed by atoms with Gasteiger partial charge in [-0.15, -0.1) is 12.4 Å². The molecule has 1 aliphatic heterocycles. The van der Waals surface area contributed by atoms with E-state index in [2.05, 4.69) is 27.9 Å². The molecule has 1 aromatic heterocycles. The van der Waals surface area contributed by atoms with Crippen molar-refractivity contribution in [3.8, 4) is 22.4 Å². The van der Waals surface area contributed by atoms with E-state index < -0.39 is 0 Å². The molecule has 2 aromatic carbocycles. The number of halogens is 1. The van der Waals surface area contributed by atoms with Crippen LogP contribution in [0.5, 0.6) is 0 Å². The van der Waals surface area contributed by atoms with Crippen molar-refractivity contribution in [3.63, 3.8) is 0 Å². The summed E-state index contributed by atoms with van der Waals surface area (Å²) in [6, 6.07) is 17.9. The van der Waals surface area contributed by atoms with Crippen molar-refractivity contribution in [2.45, 2.75) is 12.8 Å². The number of aryl methyl sites for hydroxylation is 1. The highest BCUT2D eigenvalue weighted by Gasteiger charge is 2.16. The Bertz CT molecular complexity index is 949. The Labute approximate surface area is 177 Å². The second-order valence-corrected chi connectivity index (χ2v) is 7.42. The Kier molecular flexibility index (Phi) is 7.07. The number of rotatable bonds is 5. The molecule has 0 aliphatic carbocycles. The lowest BCUT2D eigenvalue weighted by Gasteiger charge is -2.22. The first-order chi connectivity index (χ1) is 13.7. The van der Waals surface area contributed by atoms with E-state index in [-0.39, 0.29) is 18.3 Å². The number of carbonyl (C=O) groups is 1. The summed E-state index contributed by atoms with van der Waals surface area (Å²) in [5, 5.41) is 11.1. The van der Waals surface area contributed by atoms with Gasteiger partial charge in [-0.1, -0.05) is 42.5 Å². The van der Waals surface area contributed by atoms with Gasteiger partial charge in [0, 0.05) is 36.5 Å². The van der Waals surface area contributed by atoms with Crippen molar-refractivity contribution in [1.82, 2.24) is 20.4 Å². The largest absolute Gasteiger partial charge is 0.352 e. The first-order valence-electron chi connectivity index (χ1n) is 9.89. The van der Waals surface area contributed by atoms with Crippen LogP contribution in [0.1, 0.15) is 23.2 Å². The second kappa shape index (κ2) is 9.72. The maximum Gasteiger partial charge on any atom is 0.251 e. The first kappa shape index (κ1) is 21.1. The zero-order valence-electron chi connectivity index (χ0n) is 16.6. The van der Waals surface area contributed by atoms with Gasteiger partial charge in [-0.25, -0.2) is 0 Å². The molecule has 4 rings (SSSR count). The van der Waals surface area contributed by atoms with Gasteiger partial charge in [-0.2, -0.15) is 5.10 Å². The number of carbonyl (C=O) groups excluding carboxylic acids is 1. The zero-order chi connectivity index (χ0) is 19.3. The Morgan fingerprint density at radius 2 is 1.83 bits per heavy atom. The second-order valence-electron chi connectivity index (χ2n) is 7.42. The number of piperidine rings is 1. The lowest BCUT2D eigenvalue weighted by molar-refractivity contribution is 0.0944. The minimum atomic E-state index is -0.00876. The molecule has 0 unspecified atom stereocenters. The normalized spacial score (nSPS) is 14.2. The third-order valence-corrected chi connectivity index (χ3v) is 5.32. The molecule has 0 atom stereocenters. The number of aromatic nitrogens is 2. The summed E-state index contributed by atoms with van der Waals surface area (Å²) in [5.41, 5.74) is 4.71. The summed E-state index contributed by atoms with van der Waals surface area (Å²) in [4.78, 5) is 12.7. The van der Waals surface area contributed by atoms with Crippen LogP contribution in [0.15, 0.2) is 60.8 Å². The van der Waals surface area contributed by atoms with E-state index in [0.29, 0.717) is 11.5 Å². The summed E-state index contributed by atoms with van der Waals surface area (Å²) in [6.07, 6.45) is 4.25. The third kappa shape index (κ3) is 5.05. The van der Waals surface area contributed by atoms with E-state index in [1.165, 1.54) is 0 Å². The summed E-state index contributed by atoms with van der Waals surface area (Å²) in [5.74, 6) is 0.557. The molecule has 1 amide bonds. The number of hydrogen-bond acceptors (Lipinski definition) is 3. The van der Waals surface area contributed by atoms with E-state index in [4.69, 9.17) is 0 Å². The quantitative estimate of drug-likeness (QED) is 0.670. The van der Waals surface area contributed by atoms with Gasteiger partial charge in [-0.05, 0) is 49.5 Å². The van der Waals surface area contributed by atoms with Crippen molar-refractivity contribution in [3.05, 3.63) is 66.4 Å². The van der Waals surface area contributed by atoms with Crippen molar-refractivity contribution < 1.29 is 4.79 Å². The summed E-state index contributed by atoms with van der Waals surface area (Å²) >= 11 is 0. The lowest BCUT2D eigenvalue weighted by Crippen LogP contribution is -2.35. The van der Waals surface area contributed by atoms with Gasteiger partial charge < -0.3 is 10.6 Å². The molecule has 6 heteroatoms. The molecule has 2 heterocycles. The van der Waals surface area contributed by atoms with Crippen molar-refractivity contribution in [2.75, 3.05) is 19.6 Å². The molecule has 0 radical (unpaired) electrons. The molecule has 1 saturated heterocycles. The highest BCUT2D eigenvalue weighted by Crippen LogP contribution is 2.31. The standard InChI is InChI=1S/C23H26N4O.ClH/c1-27-16-21(22(26-27)18-6-3-2-4-7-18)19-8-5-9-20(14-19)23(28)25-15-17-10-12-24-13-11-17;/h2-9,14,16-17,24H,10-13,15H2,1H3,(H,25,28);1H. The van der Waals surface area contributed by atoms with Crippen LogP contribution in [-0.4, -0.2) is 35.3 Å². The lowest BCUT2D eigenvalue weighted by atomic mass is 9.97. The Morgan fingerprint density at radius 1 is 1.10 bits per heavy atom. The Morgan fingerprint density at radius 3 is 2.59 bits per heavy atom. The summed E-state index contributed by atoms with van der Waals surface area (Å²) < 4.78 is 1.82. The number of amides is 1. The van der Waals surface area contributed by atoms with Crippen LogP contribution >= 0.6 is 12.4 Å². The van der Waals surface area contributed by atoms with Gasteiger partial charge in [-0.3, -0.25) is 9.48 Å². The minimum absolute atomic E-state index is 0. The van der Waals surface area contributed by atoms with Crippen LogP contribution in [0.2, 0.25) is 0 Å². The molecular formula is C23H27ClN4O. The first-order valence-corrected chi connectivity index (χ1v) is 9.89. The van der Waals surface area contributed by atoms with E-state index >= 15 is 0 Å². The van der Waals surface area contributed by atoms with Crippen LogP contribution in [0.4, 0.5) is 0 Å². The molecule has 2 N–H and O–H groups in total. The fourth-order valence-electron chi connectivity index (χ4n) is 3.76. The van der Waals surface area contributed by atoms with E-state index in [1.54, 1.807) is 0 Å². The molecule has 152 valence electrons. The van der Waals surface area contributed by atoms with Crippen molar-refractivity contribution in [2.24, 2.45) is 13.0 Å². The number of hydrogen-bond donors (Lipinski definition) is 2. The predicted molar refractivity (Wildman–Crippen MR) is 119 cm³/mol. The molecule has 0 saturated carbocycles. The molecule has 29 heavy (non-hydrogen) atoms. The average molecular weight is 411 g/mol. The van der Waals surface area contributed by atoms with Gasteiger partial charge in [0.05, 0.1) is 0 Å². The Hall–Kier alpha value is -2.63. The van der Waals surface area contributed by atoms with Crippen LogP contribution in [0.25, 0.3) is 22.4 Å². The number of benzene rings is 2. The molecule has 1 fully saturated rings. The highest BCUT2D eigenvalue weighted by molar-refractivity contribution is 5.96. The summed E-state index contributed by atoms with van der Waals surface area (Å²) in [7, 11) is 1.92. The maximum absolute atomic E-state index is 12.7. The summed E-state index contributed by atoms with van der Waals surface area (Å²) in [6.45, 7) is 2.82. The average Bonchev–Trinajstić information content (AvgIpc) is 3.15. The van der Waals surface area contributed by atoms with Crippen LogP contribution in [0, 0.1) is 5.92 Å². The predicted octanol–water partition coefficient (Wildman–Crippen LogP) is 3.91. The van der Waals surface area contributed by atoms with Crippen LogP contribution in [0.3, 0.4) is 0 Å². The number of nitrogens with zero attached hydrogens (tertiary/aromatic N) is 2. The highest BCUT2D eigenvalue weighted by atomic mass is 35.5. The fraction of sp³-hybridized carbons (Fsp3) is 0.304. The van der Waals surface area contributed by atoms with E-state index in [9.17, 15) is 4.79 Å². The topological polar surface area (TPSA) is 59.0 Å². The smallest absolute Gasteiger partial charge is 0.251 e. The van der Waals surface area contributed by atoms with Gasteiger partial charge in [0.15, 0.2) is 0 Å². The minimum Gasteiger partial charge on any atom is -0.352 e. The Balaban J connectivity index is 0.00000240. The number of nitrogens with one attached hydrogen (secondary N) is 2. The third-order valence-electron chi connectivity index (χ3n) is 5.32. The molecule has 0 spiro atoms. The van der Waals surface area contributed by atoms with Gasteiger partial charge in [0.1, 0.15) is 5.69 Å². The monoisotopic (exact) mass is 410 g/mol. The van der Waals surface area contributed by atoms with Crippen molar-refractivity contribution >= 4 is 18.3 Å². The van der Waals surface area contributed by atoms with Gasteiger partial charge in [0.25, 0.3) is 5.91 Å². The fourth-order valence-corrected chi connectivity index (χ4v) is 3.76. The molecular weight excluding hydrogens is 384 g/mol. The van der Waals surface area contributed by atoms with E-state index in [0.717, 1.165) is 54.9 Å². The van der Waals surface area contributed by atoms with Crippen molar-refractivity contribution in [1.29, 1.82) is 0 Å². The van der Waals surface area contributed by atoms with Crippen LogP contribution in [-0.2, 0) is 7.05 Å². The van der Waals surface area contributed by atoms with Crippen LogP contribution < -0.4 is 10.6 Å². The molecule has 1 aliphatic rings.